The van der Waals surface area contributed by atoms with Crippen molar-refractivity contribution in [1.82, 2.24) is 0 Å². The lowest BCUT2D eigenvalue weighted by molar-refractivity contribution is 0.0245. The van der Waals surface area contributed by atoms with Gasteiger partial charge in [0.25, 0.3) is 0 Å². The minimum atomic E-state index is -0.366. The molecule has 0 amide bonds. The second-order valence-corrected chi connectivity index (χ2v) is 3.17. The highest BCUT2D eigenvalue weighted by atomic mass is 16.6. The maximum Gasteiger partial charge on any atom is 0.150 e. The highest BCUT2D eigenvalue weighted by molar-refractivity contribution is 5.50. The zero-order chi connectivity index (χ0) is 8.91. The Kier molecular flexibility index (Phi) is 3.65. The van der Waals surface area contributed by atoms with Crippen molar-refractivity contribution in [1.29, 1.82) is 0 Å². The summed E-state index contributed by atoms with van der Waals surface area (Å²) in [6.07, 6.45) is 3.13. The van der Waals surface area contributed by atoms with Gasteiger partial charge in [0.05, 0.1) is 0 Å². The van der Waals surface area contributed by atoms with E-state index >= 15 is 0 Å². The smallest absolute Gasteiger partial charge is 0.150 e. The van der Waals surface area contributed by atoms with Crippen LogP contribution in [0.25, 0.3) is 0 Å². The zero-order valence-electron chi connectivity index (χ0n) is 7.59. The average molecular weight is 156 g/mol. The van der Waals surface area contributed by atoms with Crippen LogP contribution >= 0.6 is 0 Å². The van der Waals surface area contributed by atoms with Gasteiger partial charge in [-0.2, -0.15) is 0 Å². The maximum atomic E-state index is 5.06. The maximum absolute atomic E-state index is 5.06. The van der Waals surface area contributed by atoms with Crippen LogP contribution in [0.3, 0.4) is 0 Å². The molecule has 0 unspecified atom stereocenters. The third-order valence-corrected chi connectivity index (χ3v) is 0.985. The summed E-state index contributed by atoms with van der Waals surface area (Å²) in [5, 5.41) is 3.50. The molecular weight excluding hydrogens is 140 g/mol. The Balaban J connectivity index is 4.11. The monoisotopic (exact) mass is 156 g/mol. The minimum Gasteiger partial charge on any atom is -0.387 e. The first-order valence-corrected chi connectivity index (χ1v) is 3.56. The van der Waals surface area contributed by atoms with E-state index in [1.54, 1.807) is 0 Å². The van der Waals surface area contributed by atoms with Gasteiger partial charge in [-0.3, -0.25) is 0 Å². The molecule has 0 spiro atoms. The van der Waals surface area contributed by atoms with Gasteiger partial charge in [-0.25, -0.2) is 0 Å². The van der Waals surface area contributed by atoms with Gasteiger partial charge in [0.15, 0.2) is 5.60 Å². The van der Waals surface area contributed by atoms with Gasteiger partial charge in [0.2, 0.25) is 0 Å². The summed E-state index contributed by atoms with van der Waals surface area (Å²) >= 11 is 0. The van der Waals surface area contributed by atoms with Gasteiger partial charge in [0, 0.05) is 0 Å². The van der Waals surface area contributed by atoms with Crippen LogP contribution in [0, 0.1) is 0 Å². The van der Waals surface area contributed by atoms with E-state index in [-0.39, 0.29) is 5.60 Å². The van der Waals surface area contributed by atoms with E-state index in [0.717, 1.165) is 6.34 Å². The number of allylic oxidation sites excluding steroid dienone is 1. The van der Waals surface area contributed by atoms with Crippen LogP contribution in [-0.4, -0.2) is 11.9 Å². The van der Waals surface area contributed by atoms with E-state index in [1.807, 2.05) is 33.8 Å². The van der Waals surface area contributed by atoms with E-state index in [1.165, 1.54) is 5.57 Å². The van der Waals surface area contributed by atoms with Crippen molar-refractivity contribution in [3.05, 3.63) is 11.6 Å². The van der Waals surface area contributed by atoms with Crippen LogP contribution in [0.5, 0.6) is 0 Å². The molecule has 0 atom stereocenters. The van der Waals surface area contributed by atoms with Gasteiger partial charge >= 0.3 is 0 Å². The molecule has 64 valence electrons. The van der Waals surface area contributed by atoms with Gasteiger partial charge < -0.3 is 10.6 Å². The minimum absolute atomic E-state index is 0.366. The summed E-state index contributed by atoms with van der Waals surface area (Å²) in [6.45, 7) is 7.87. The average Bonchev–Trinajstić information content (AvgIpc) is 1.81. The van der Waals surface area contributed by atoms with Crippen molar-refractivity contribution in [2.45, 2.75) is 33.3 Å². The topological polar surface area (TPSA) is 47.6 Å². The van der Waals surface area contributed by atoms with E-state index in [9.17, 15) is 0 Å². The van der Waals surface area contributed by atoms with Crippen molar-refractivity contribution in [2.75, 3.05) is 0 Å². The van der Waals surface area contributed by atoms with Crippen LogP contribution in [0.2, 0.25) is 0 Å². The van der Waals surface area contributed by atoms with Gasteiger partial charge in [0.1, 0.15) is 6.34 Å². The zero-order valence-corrected chi connectivity index (χ0v) is 7.59. The predicted molar refractivity (Wildman–Crippen MR) is 47.3 cm³/mol. The number of hydrogen-bond donors (Lipinski definition) is 1. The molecule has 0 aromatic rings. The van der Waals surface area contributed by atoms with Crippen molar-refractivity contribution in [3.8, 4) is 0 Å². The number of nitrogens with zero attached hydrogens (tertiary/aromatic N) is 1. The first kappa shape index (κ1) is 10.0. The second-order valence-electron chi connectivity index (χ2n) is 3.17. The number of nitrogens with two attached hydrogens (primary N) is 1. The lowest BCUT2D eigenvalue weighted by atomic mass is 10.1. The van der Waals surface area contributed by atoms with Crippen molar-refractivity contribution < 1.29 is 4.84 Å². The molecule has 0 bridgehead atoms. The van der Waals surface area contributed by atoms with Gasteiger partial charge in [-0.05, 0) is 33.8 Å². The summed E-state index contributed by atoms with van der Waals surface area (Å²) in [5.41, 5.74) is 5.86. The fourth-order valence-electron chi connectivity index (χ4n) is 0.888. The predicted octanol–water partition coefficient (Wildman–Crippen LogP) is 1.65. The van der Waals surface area contributed by atoms with Crippen molar-refractivity contribution >= 4 is 6.34 Å². The van der Waals surface area contributed by atoms with Crippen molar-refractivity contribution in [3.63, 3.8) is 0 Å². The lowest BCUT2D eigenvalue weighted by Crippen LogP contribution is -2.19. The molecule has 3 heteroatoms. The summed E-state index contributed by atoms with van der Waals surface area (Å²) in [4.78, 5) is 5.06. The molecule has 0 aliphatic heterocycles. The Bertz CT molecular complexity index is 167. The standard InChI is InChI=1S/C8H16N2O/c1-7(2)5-8(3,4)11-10-6-9/h5-6H,1-4H3,(H2,9,10). The van der Waals surface area contributed by atoms with E-state index in [2.05, 4.69) is 5.16 Å². The molecule has 0 radical (unpaired) electrons. The molecular formula is C8H16N2O. The Morgan fingerprint density at radius 2 is 2.00 bits per heavy atom. The highest BCUT2D eigenvalue weighted by Gasteiger charge is 2.14. The molecule has 0 aromatic heterocycles. The van der Waals surface area contributed by atoms with Crippen LogP contribution in [0.1, 0.15) is 27.7 Å². The molecule has 0 heterocycles. The van der Waals surface area contributed by atoms with Crippen molar-refractivity contribution in [2.24, 2.45) is 10.9 Å². The SMILES string of the molecule is CC(C)=CC(C)(C)O/N=C\N. The Labute approximate surface area is 67.9 Å². The highest BCUT2D eigenvalue weighted by Crippen LogP contribution is 2.13. The number of oxime groups is 1. The van der Waals surface area contributed by atoms with E-state index in [0.29, 0.717) is 0 Å². The van der Waals surface area contributed by atoms with Crippen LogP contribution in [0.15, 0.2) is 16.8 Å². The fraction of sp³-hybridized carbons (Fsp3) is 0.625. The van der Waals surface area contributed by atoms with Crippen LogP contribution in [0.4, 0.5) is 0 Å². The van der Waals surface area contributed by atoms with Crippen LogP contribution < -0.4 is 5.73 Å². The normalized spacial score (nSPS) is 11.6. The third-order valence-electron chi connectivity index (χ3n) is 0.985. The molecule has 3 nitrogen and oxygen atoms in total. The fourth-order valence-corrected chi connectivity index (χ4v) is 0.888. The Morgan fingerprint density at radius 3 is 2.36 bits per heavy atom. The lowest BCUT2D eigenvalue weighted by Gasteiger charge is -2.17. The first-order chi connectivity index (χ1) is 4.98. The summed E-state index contributed by atoms with van der Waals surface area (Å²) in [7, 11) is 0. The van der Waals surface area contributed by atoms with Gasteiger partial charge in [-0.15, -0.1) is 0 Å². The summed E-state index contributed by atoms with van der Waals surface area (Å²) < 4.78 is 0. The molecule has 0 rings (SSSR count). The molecule has 0 saturated heterocycles. The molecule has 0 saturated carbocycles. The quantitative estimate of drug-likeness (QED) is 0.292. The summed E-state index contributed by atoms with van der Waals surface area (Å²) in [5.74, 6) is 0. The Hall–Kier alpha value is -0.990. The molecule has 0 fully saturated rings. The molecule has 0 aliphatic rings. The largest absolute Gasteiger partial charge is 0.387 e. The molecule has 0 aromatic carbocycles. The molecule has 0 aliphatic carbocycles. The first-order valence-electron chi connectivity index (χ1n) is 3.56. The number of rotatable bonds is 3. The van der Waals surface area contributed by atoms with Gasteiger partial charge in [-0.1, -0.05) is 10.7 Å². The van der Waals surface area contributed by atoms with E-state index in [4.69, 9.17) is 10.6 Å². The summed E-state index contributed by atoms with van der Waals surface area (Å²) in [6, 6.07) is 0. The molecule has 11 heavy (non-hydrogen) atoms. The second kappa shape index (κ2) is 4.01. The van der Waals surface area contributed by atoms with E-state index < -0.39 is 0 Å². The Morgan fingerprint density at radius 1 is 1.45 bits per heavy atom. The van der Waals surface area contributed by atoms with Crippen LogP contribution in [-0.2, 0) is 4.84 Å². The third kappa shape index (κ3) is 5.45. The number of hydrogen-bond acceptors (Lipinski definition) is 2. The molecule has 2 N–H and O–H groups in total.